The van der Waals surface area contributed by atoms with E-state index in [1.807, 2.05) is 0 Å². The Morgan fingerprint density at radius 1 is 1.22 bits per heavy atom. The van der Waals surface area contributed by atoms with Gasteiger partial charge in [-0.15, -0.1) is 0 Å². The molecule has 0 aromatic heterocycles. The molecule has 10 atom stereocenters. The van der Waals surface area contributed by atoms with Crippen molar-refractivity contribution in [1.29, 1.82) is 0 Å². The molecule has 3 rings (SSSR count). The first-order chi connectivity index (χ1) is 17.1. The van der Waals surface area contributed by atoms with Gasteiger partial charge in [-0.25, -0.2) is 9.13 Å². The first-order valence-corrected chi connectivity index (χ1v) is 13.9. The summed E-state index contributed by atoms with van der Waals surface area (Å²) in [4.78, 5) is 43.8. The molecule has 2 saturated heterocycles. The van der Waals surface area contributed by atoms with E-state index in [1.54, 1.807) is 0 Å². The maximum atomic E-state index is 12.4. The van der Waals surface area contributed by atoms with Crippen LogP contribution < -0.4 is 10.6 Å². The van der Waals surface area contributed by atoms with E-state index in [4.69, 9.17) is 14.0 Å². The summed E-state index contributed by atoms with van der Waals surface area (Å²) in [6, 6.07) is -0.900. The lowest BCUT2D eigenvalue weighted by atomic mass is 10.0. The maximum absolute atomic E-state index is 12.4. The molecular weight excluding hydrogens is 544 g/mol. The van der Waals surface area contributed by atoms with Gasteiger partial charge in [-0.05, 0) is 13.3 Å². The molecule has 2 fully saturated rings. The lowest BCUT2D eigenvalue weighted by Crippen LogP contribution is -2.55. The number of hydrogen-bond donors (Lipinski definition) is 7. The standard InChI is InChI=1S/C18H29N3O14P2/c1-8-6-11(20-10(3)22)14(24)18(32-8)34-37(29,30)35-36(27,28)31-7-12-15(25)16(26)17(33-12)21-5-4-13(23)19-9(21)2/h4-5,8,11-12,14-18,24-26H,2,6-7H2,1,3H3,(H,19,23)(H,20,22)(H,27,28)(H,29,30)/t8?,11-,12+,14?,15?,16-,17+,18+/m0/s1. The third-order valence-electron chi connectivity index (χ3n) is 5.45. The first-order valence-electron chi connectivity index (χ1n) is 10.9. The highest BCUT2D eigenvalue weighted by Crippen LogP contribution is 2.61. The number of nitrogens with one attached hydrogen (secondary N) is 2. The topological polar surface area (TPSA) is 243 Å². The highest BCUT2D eigenvalue weighted by Gasteiger charge is 2.48. The van der Waals surface area contributed by atoms with E-state index in [2.05, 4.69) is 26.0 Å². The molecule has 0 saturated carbocycles. The van der Waals surface area contributed by atoms with Crippen molar-refractivity contribution >= 4 is 27.5 Å². The van der Waals surface area contributed by atoms with Crippen molar-refractivity contribution in [2.45, 2.75) is 69.3 Å². The van der Waals surface area contributed by atoms with Crippen molar-refractivity contribution in [3.05, 3.63) is 24.7 Å². The Bertz CT molecular complexity index is 1030. The van der Waals surface area contributed by atoms with Crippen LogP contribution in [0.15, 0.2) is 24.7 Å². The van der Waals surface area contributed by atoms with Crippen LogP contribution >= 0.6 is 15.6 Å². The molecular formula is C18H29N3O14P2. The molecule has 19 heteroatoms. The van der Waals surface area contributed by atoms with Crippen LogP contribution in [0.1, 0.15) is 20.3 Å². The van der Waals surface area contributed by atoms with Crippen molar-refractivity contribution in [1.82, 2.24) is 15.5 Å². The van der Waals surface area contributed by atoms with E-state index in [0.29, 0.717) is 0 Å². The average molecular weight is 573 g/mol. The number of amides is 2. The minimum Gasteiger partial charge on any atom is -0.387 e. The summed E-state index contributed by atoms with van der Waals surface area (Å²) in [6.07, 6.45) is -7.44. The van der Waals surface area contributed by atoms with Gasteiger partial charge in [0, 0.05) is 19.2 Å². The molecule has 5 unspecified atom stereocenters. The largest absolute Gasteiger partial charge is 0.483 e. The van der Waals surface area contributed by atoms with Crippen LogP contribution in [0.4, 0.5) is 0 Å². The minimum atomic E-state index is -5.40. The molecule has 3 aliphatic heterocycles. The van der Waals surface area contributed by atoms with Crippen molar-refractivity contribution in [2.75, 3.05) is 6.61 Å². The smallest absolute Gasteiger partial charge is 0.387 e. The molecule has 3 heterocycles. The van der Waals surface area contributed by atoms with Crippen molar-refractivity contribution in [3.63, 3.8) is 0 Å². The number of rotatable bonds is 9. The van der Waals surface area contributed by atoms with Gasteiger partial charge in [0.05, 0.1) is 18.8 Å². The molecule has 7 N–H and O–H groups in total. The number of phosphoric acid groups is 2. The van der Waals surface area contributed by atoms with Gasteiger partial charge in [-0.3, -0.25) is 18.6 Å². The van der Waals surface area contributed by atoms with Crippen LogP contribution in [0.2, 0.25) is 0 Å². The Labute approximate surface area is 210 Å². The number of phosphoric ester groups is 2. The second-order valence-electron chi connectivity index (χ2n) is 8.47. The van der Waals surface area contributed by atoms with Crippen LogP contribution in [0.25, 0.3) is 0 Å². The van der Waals surface area contributed by atoms with E-state index < -0.39 is 83.1 Å². The fraction of sp³-hybridized carbons (Fsp3) is 0.667. The molecule has 0 spiro atoms. The van der Waals surface area contributed by atoms with Gasteiger partial charge < -0.3 is 50.1 Å². The summed E-state index contributed by atoms with van der Waals surface area (Å²) in [6.45, 7) is 5.44. The zero-order valence-electron chi connectivity index (χ0n) is 19.6. The predicted molar refractivity (Wildman–Crippen MR) is 119 cm³/mol. The number of carbonyl (C=O) groups excluding carboxylic acids is 2. The van der Waals surface area contributed by atoms with Gasteiger partial charge in [0.1, 0.15) is 30.2 Å². The fourth-order valence-electron chi connectivity index (χ4n) is 3.84. The molecule has 0 bridgehead atoms. The van der Waals surface area contributed by atoms with Gasteiger partial charge in [0.2, 0.25) is 5.91 Å². The monoisotopic (exact) mass is 573 g/mol. The number of nitrogens with zero attached hydrogens (tertiary/aromatic N) is 1. The molecule has 0 radical (unpaired) electrons. The maximum Gasteiger partial charge on any atom is 0.483 e. The van der Waals surface area contributed by atoms with Crippen molar-refractivity contribution in [2.24, 2.45) is 0 Å². The van der Waals surface area contributed by atoms with Gasteiger partial charge in [-0.1, -0.05) is 6.58 Å². The molecule has 210 valence electrons. The van der Waals surface area contributed by atoms with E-state index in [9.17, 15) is 43.8 Å². The molecule has 0 aromatic rings. The van der Waals surface area contributed by atoms with Crippen LogP contribution in [0, 0.1) is 0 Å². The lowest BCUT2D eigenvalue weighted by molar-refractivity contribution is -0.212. The van der Waals surface area contributed by atoms with E-state index in [-0.39, 0.29) is 12.2 Å². The summed E-state index contributed by atoms with van der Waals surface area (Å²) in [7, 11) is -10.7. The van der Waals surface area contributed by atoms with Crippen LogP contribution in [0.5, 0.6) is 0 Å². The van der Waals surface area contributed by atoms with Gasteiger partial charge in [0.25, 0.3) is 5.91 Å². The summed E-state index contributed by atoms with van der Waals surface area (Å²) in [5.74, 6) is -0.931. The third-order valence-corrected chi connectivity index (χ3v) is 8.05. The minimum absolute atomic E-state index is 0.0297. The number of aliphatic hydroxyl groups excluding tert-OH is 3. The zero-order chi connectivity index (χ0) is 27.7. The fourth-order valence-corrected chi connectivity index (χ4v) is 6.00. The highest BCUT2D eigenvalue weighted by atomic mass is 31.3. The Hall–Kier alpha value is -1.72. The lowest BCUT2D eigenvalue weighted by Gasteiger charge is -2.38. The Kier molecular flexibility index (Phi) is 9.33. The first kappa shape index (κ1) is 29.8. The number of aliphatic hydroxyl groups is 3. The van der Waals surface area contributed by atoms with Gasteiger partial charge in [-0.2, -0.15) is 4.31 Å². The summed E-state index contributed by atoms with van der Waals surface area (Å²) in [5, 5.41) is 35.6. The van der Waals surface area contributed by atoms with E-state index >= 15 is 0 Å². The summed E-state index contributed by atoms with van der Waals surface area (Å²) in [5.41, 5.74) is 0. The average Bonchev–Trinajstić information content (AvgIpc) is 3.02. The molecule has 0 aliphatic carbocycles. The molecule has 0 aromatic carbocycles. The molecule has 17 nitrogen and oxygen atoms in total. The summed E-state index contributed by atoms with van der Waals surface area (Å²) < 4.78 is 48.9. The zero-order valence-corrected chi connectivity index (χ0v) is 21.4. The van der Waals surface area contributed by atoms with Crippen LogP contribution in [-0.4, -0.2) is 97.5 Å². The SMILES string of the molecule is C=C1NC(=O)C=CN1[C@@H]1O[C@H](COP(=O)(O)OP(=O)(O)O[C@H]2OC(C)C[C@H](NC(C)=O)C2O)C(O)[C@@H]1O. The molecule has 2 amide bonds. The predicted octanol–water partition coefficient (Wildman–Crippen LogP) is -1.90. The second kappa shape index (κ2) is 11.6. The number of hydrogen-bond acceptors (Lipinski definition) is 13. The molecule has 3 aliphatic rings. The van der Waals surface area contributed by atoms with Crippen LogP contribution in [0.3, 0.4) is 0 Å². The molecule has 37 heavy (non-hydrogen) atoms. The third kappa shape index (κ3) is 7.66. The van der Waals surface area contributed by atoms with Gasteiger partial charge >= 0.3 is 15.6 Å². The van der Waals surface area contributed by atoms with E-state index in [1.165, 1.54) is 24.9 Å². The number of carbonyl (C=O) groups is 2. The van der Waals surface area contributed by atoms with Crippen LogP contribution in [-0.2, 0) is 41.6 Å². The Balaban J connectivity index is 1.58. The second-order valence-corrected chi connectivity index (χ2v) is 11.5. The van der Waals surface area contributed by atoms with Crippen molar-refractivity contribution < 1.29 is 66.7 Å². The quantitative estimate of drug-likeness (QED) is 0.149. The van der Waals surface area contributed by atoms with Crippen molar-refractivity contribution in [3.8, 4) is 0 Å². The normalized spacial score (nSPS) is 37.5. The Morgan fingerprint density at radius 2 is 1.89 bits per heavy atom. The number of ether oxygens (including phenoxy) is 2. The van der Waals surface area contributed by atoms with E-state index in [0.717, 1.165) is 6.08 Å². The van der Waals surface area contributed by atoms with Gasteiger partial charge in [0.15, 0.2) is 12.5 Å². The Morgan fingerprint density at radius 3 is 2.51 bits per heavy atom. The highest BCUT2D eigenvalue weighted by molar-refractivity contribution is 7.61. The summed E-state index contributed by atoms with van der Waals surface area (Å²) >= 11 is 0.